The molecule has 0 aliphatic heterocycles. The first-order valence-corrected chi connectivity index (χ1v) is 8.49. The maximum Gasteiger partial charge on any atom is 0.253 e. The van der Waals surface area contributed by atoms with E-state index in [1.165, 1.54) is 12.1 Å². The third-order valence-corrected chi connectivity index (χ3v) is 4.16. The van der Waals surface area contributed by atoms with Crippen LogP contribution in [0.25, 0.3) is 0 Å². The lowest BCUT2D eigenvalue weighted by Gasteiger charge is -2.15. The number of hydrogen-bond acceptors (Lipinski definition) is 3. The van der Waals surface area contributed by atoms with E-state index in [0.717, 1.165) is 17.7 Å². The number of nitrogen functional groups attached to an aromatic ring is 1. The van der Waals surface area contributed by atoms with Gasteiger partial charge >= 0.3 is 0 Å². The van der Waals surface area contributed by atoms with Crippen molar-refractivity contribution >= 4 is 23.0 Å². The van der Waals surface area contributed by atoms with E-state index in [1.807, 2.05) is 0 Å². The number of benzene rings is 3. The summed E-state index contributed by atoms with van der Waals surface area (Å²) in [5.41, 5.74) is 7.01. The number of halogens is 3. The maximum atomic E-state index is 14.4. The minimum absolute atomic E-state index is 0.0670. The average molecular weight is 385 g/mol. The van der Waals surface area contributed by atoms with Gasteiger partial charge in [0.05, 0.1) is 16.9 Å². The summed E-state index contributed by atoms with van der Waals surface area (Å²) >= 11 is 0. The molecule has 0 spiro atoms. The Labute approximate surface area is 160 Å². The van der Waals surface area contributed by atoms with Crippen LogP contribution >= 0.6 is 0 Å². The maximum absolute atomic E-state index is 14.4. The molecule has 0 fully saturated rings. The fourth-order valence-corrected chi connectivity index (χ4v) is 2.63. The number of rotatable bonds is 5. The normalized spacial score (nSPS) is 10.6. The van der Waals surface area contributed by atoms with Crippen molar-refractivity contribution < 1.29 is 18.0 Å². The standard InChI is InChI=1S/C21H18F3N3O/c1-12-2-9-18(17(23)10-12)27-20-15(7-8-16(22)19(20)24)21(28)26-11-13-3-5-14(25)6-4-13/h2-10,27H,11,25H2,1H3,(H,26,28). The van der Waals surface area contributed by atoms with Crippen LogP contribution in [0.1, 0.15) is 21.5 Å². The fraction of sp³-hybridized carbons (Fsp3) is 0.0952. The lowest BCUT2D eigenvalue weighted by molar-refractivity contribution is 0.0951. The highest BCUT2D eigenvalue weighted by atomic mass is 19.2. The summed E-state index contributed by atoms with van der Waals surface area (Å²) in [5.74, 6) is -3.69. The molecule has 3 aromatic rings. The summed E-state index contributed by atoms with van der Waals surface area (Å²) in [5, 5.41) is 5.13. The number of hydrogen-bond donors (Lipinski definition) is 3. The van der Waals surface area contributed by atoms with Gasteiger partial charge in [0.15, 0.2) is 11.6 Å². The van der Waals surface area contributed by atoms with Crippen LogP contribution in [-0.2, 0) is 6.54 Å². The monoisotopic (exact) mass is 385 g/mol. The molecule has 0 bridgehead atoms. The van der Waals surface area contributed by atoms with Crippen LogP contribution in [0.3, 0.4) is 0 Å². The summed E-state index contributed by atoms with van der Waals surface area (Å²) in [7, 11) is 0. The third kappa shape index (κ3) is 4.25. The number of anilines is 3. The highest BCUT2D eigenvalue weighted by Crippen LogP contribution is 2.28. The van der Waals surface area contributed by atoms with Gasteiger partial charge in [-0.25, -0.2) is 13.2 Å². The van der Waals surface area contributed by atoms with Gasteiger partial charge in [-0.1, -0.05) is 18.2 Å². The van der Waals surface area contributed by atoms with Crippen molar-refractivity contribution in [1.29, 1.82) is 0 Å². The molecule has 4 N–H and O–H groups in total. The molecule has 7 heteroatoms. The van der Waals surface area contributed by atoms with Crippen molar-refractivity contribution in [2.75, 3.05) is 11.1 Å². The van der Waals surface area contributed by atoms with E-state index in [9.17, 15) is 18.0 Å². The Kier molecular flexibility index (Phi) is 5.54. The first-order chi connectivity index (χ1) is 13.3. The summed E-state index contributed by atoms with van der Waals surface area (Å²) in [6, 6.07) is 13.1. The van der Waals surface area contributed by atoms with Crippen molar-refractivity contribution in [2.24, 2.45) is 0 Å². The Bertz CT molecular complexity index is 1020. The van der Waals surface area contributed by atoms with Gasteiger partial charge in [0, 0.05) is 12.2 Å². The van der Waals surface area contributed by atoms with E-state index in [1.54, 1.807) is 37.3 Å². The molecule has 0 radical (unpaired) electrons. The van der Waals surface area contributed by atoms with Crippen molar-refractivity contribution in [3.05, 3.63) is 88.7 Å². The van der Waals surface area contributed by atoms with Crippen LogP contribution in [0.4, 0.5) is 30.2 Å². The molecule has 0 aliphatic carbocycles. The highest BCUT2D eigenvalue weighted by molar-refractivity contribution is 6.00. The molecule has 1 amide bonds. The van der Waals surface area contributed by atoms with Crippen molar-refractivity contribution in [2.45, 2.75) is 13.5 Å². The lowest BCUT2D eigenvalue weighted by atomic mass is 10.1. The van der Waals surface area contributed by atoms with Crippen LogP contribution in [0.2, 0.25) is 0 Å². The predicted molar refractivity (Wildman–Crippen MR) is 103 cm³/mol. The molecule has 0 atom stereocenters. The smallest absolute Gasteiger partial charge is 0.253 e. The number of nitrogens with two attached hydrogens (primary N) is 1. The Morgan fingerprint density at radius 3 is 2.36 bits per heavy atom. The van der Waals surface area contributed by atoms with E-state index in [2.05, 4.69) is 10.6 Å². The van der Waals surface area contributed by atoms with Crippen LogP contribution in [-0.4, -0.2) is 5.91 Å². The third-order valence-electron chi connectivity index (χ3n) is 4.16. The van der Waals surface area contributed by atoms with E-state index >= 15 is 0 Å². The predicted octanol–water partition coefficient (Wildman–Crippen LogP) is 4.67. The molecule has 144 valence electrons. The van der Waals surface area contributed by atoms with Gasteiger partial charge in [0.2, 0.25) is 0 Å². The molecule has 28 heavy (non-hydrogen) atoms. The SMILES string of the molecule is Cc1ccc(Nc2c(C(=O)NCc3ccc(N)cc3)ccc(F)c2F)c(F)c1. The largest absolute Gasteiger partial charge is 0.399 e. The Morgan fingerprint density at radius 1 is 0.964 bits per heavy atom. The Hall–Kier alpha value is -3.48. The van der Waals surface area contributed by atoms with Crippen molar-refractivity contribution in [3.63, 3.8) is 0 Å². The molecule has 0 saturated heterocycles. The molecule has 0 unspecified atom stereocenters. The summed E-state index contributed by atoms with van der Waals surface area (Å²) in [6.07, 6.45) is 0. The lowest BCUT2D eigenvalue weighted by Crippen LogP contribution is -2.24. The molecule has 4 nitrogen and oxygen atoms in total. The molecule has 3 aromatic carbocycles. The zero-order chi connectivity index (χ0) is 20.3. The highest BCUT2D eigenvalue weighted by Gasteiger charge is 2.20. The molecule has 0 saturated carbocycles. The number of carbonyl (C=O) groups excluding carboxylic acids is 1. The summed E-state index contributed by atoms with van der Waals surface area (Å²) < 4.78 is 42.2. The fourth-order valence-electron chi connectivity index (χ4n) is 2.63. The molecular formula is C21H18F3N3O. The van der Waals surface area contributed by atoms with Gasteiger partial charge in [-0.3, -0.25) is 4.79 Å². The van der Waals surface area contributed by atoms with Gasteiger partial charge in [0.25, 0.3) is 5.91 Å². The van der Waals surface area contributed by atoms with Crippen molar-refractivity contribution in [3.8, 4) is 0 Å². The number of aryl methyl sites for hydroxylation is 1. The van der Waals surface area contributed by atoms with Gasteiger partial charge in [-0.15, -0.1) is 0 Å². The van der Waals surface area contributed by atoms with Crippen LogP contribution in [0, 0.1) is 24.4 Å². The first kappa shape index (κ1) is 19.3. The van der Waals surface area contributed by atoms with Gasteiger partial charge in [-0.05, 0) is 54.4 Å². The van der Waals surface area contributed by atoms with E-state index in [0.29, 0.717) is 11.3 Å². The minimum atomic E-state index is -1.26. The first-order valence-electron chi connectivity index (χ1n) is 8.49. The van der Waals surface area contributed by atoms with Gasteiger partial charge in [-0.2, -0.15) is 0 Å². The Morgan fingerprint density at radius 2 is 1.68 bits per heavy atom. The second-order valence-electron chi connectivity index (χ2n) is 6.32. The molecule has 0 aromatic heterocycles. The van der Waals surface area contributed by atoms with E-state index in [4.69, 9.17) is 5.73 Å². The average Bonchev–Trinajstić information content (AvgIpc) is 2.66. The van der Waals surface area contributed by atoms with Crippen LogP contribution in [0.5, 0.6) is 0 Å². The second kappa shape index (κ2) is 8.04. The number of amides is 1. The van der Waals surface area contributed by atoms with Gasteiger partial charge in [0.1, 0.15) is 5.82 Å². The molecule has 0 aliphatic rings. The summed E-state index contributed by atoms with van der Waals surface area (Å²) in [6.45, 7) is 1.86. The molecule has 0 heterocycles. The minimum Gasteiger partial charge on any atom is -0.399 e. The topological polar surface area (TPSA) is 67.2 Å². The van der Waals surface area contributed by atoms with E-state index < -0.39 is 29.0 Å². The Balaban J connectivity index is 1.86. The summed E-state index contributed by atoms with van der Waals surface area (Å²) in [4.78, 5) is 12.5. The van der Waals surface area contributed by atoms with E-state index in [-0.39, 0.29) is 17.8 Å². The molecule has 3 rings (SSSR count). The quantitative estimate of drug-likeness (QED) is 0.559. The number of carbonyl (C=O) groups is 1. The van der Waals surface area contributed by atoms with Gasteiger partial charge < -0.3 is 16.4 Å². The zero-order valence-corrected chi connectivity index (χ0v) is 15.0. The van der Waals surface area contributed by atoms with Crippen molar-refractivity contribution in [1.82, 2.24) is 5.32 Å². The second-order valence-corrected chi connectivity index (χ2v) is 6.32. The number of nitrogens with one attached hydrogen (secondary N) is 2. The zero-order valence-electron chi connectivity index (χ0n) is 15.0. The molecular weight excluding hydrogens is 367 g/mol. The van der Waals surface area contributed by atoms with Crippen LogP contribution < -0.4 is 16.4 Å². The van der Waals surface area contributed by atoms with Crippen LogP contribution in [0.15, 0.2) is 54.6 Å².